The number of rotatable bonds is 3. The molecule has 8 heteroatoms. The first-order chi connectivity index (χ1) is 16.4. The molecule has 34 heavy (non-hydrogen) atoms. The molecule has 172 valence electrons. The van der Waals surface area contributed by atoms with Crippen molar-refractivity contribution < 1.29 is 19.5 Å². The zero-order valence-electron chi connectivity index (χ0n) is 18.1. The number of nitrogens with zero attached hydrogens (tertiary/aromatic N) is 2. The maximum absolute atomic E-state index is 13.4. The van der Waals surface area contributed by atoms with Gasteiger partial charge in [-0.2, -0.15) is 0 Å². The van der Waals surface area contributed by atoms with Crippen LogP contribution in [0.3, 0.4) is 0 Å². The molecule has 1 fully saturated rings. The standard InChI is InChI=1S/C26H22ClN3O4/c27-19-9-6-16(7-10-19)18-8-11-21-20(14-18)25(33)30-13-12-29(15-22(30)24(32)28-21)26(34)23(31)17-4-2-1-3-5-17/h1-11,14,22-23,31H,12-13,15H2,(H,28,32)/t22?,23-/m1/s1. The average molecular weight is 476 g/mol. The van der Waals surface area contributed by atoms with Crippen LogP contribution in [-0.4, -0.2) is 58.3 Å². The van der Waals surface area contributed by atoms with Gasteiger partial charge >= 0.3 is 0 Å². The molecule has 2 aliphatic heterocycles. The number of anilines is 1. The first kappa shape index (κ1) is 22.1. The highest BCUT2D eigenvalue weighted by Crippen LogP contribution is 2.31. The van der Waals surface area contributed by atoms with Gasteiger partial charge in [-0.1, -0.05) is 60.1 Å². The summed E-state index contributed by atoms with van der Waals surface area (Å²) in [4.78, 5) is 42.4. The molecule has 1 unspecified atom stereocenters. The number of hydrogen-bond donors (Lipinski definition) is 2. The minimum atomic E-state index is -1.32. The molecular formula is C26H22ClN3O4. The van der Waals surface area contributed by atoms with Crippen LogP contribution in [0.15, 0.2) is 72.8 Å². The number of hydrogen-bond acceptors (Lipinski definition) is 4. The SMILES string of the molecule is O=C1Nc2ccc(-c3ccc(Cl)cc3)cc2C(=O)N2CCN(C(=O)[C@H](O)c3ccccc3)CC12. The zero-order valence-corrected chi connectivity index (χ0v) is 18.9. The molecule has 2 heterocycles. The van der Waals surface area contributed by atoms with E-state index in [0.717, 1.165) is 11.1 Å². The Balaban J connectivity index is 1.39. The predicted octanol–water partition coefficient (Wildman–Crippen LogP) is 3.35. The summed E-state index contributed by atoms with van der Waals surface area (Å²) in [6.45, 7) is 0.428. The lowest BCUT2D eigenvalue weighted by Gasteiger charge is -2.40. The van der Waals surface area contributed by atoms with E-state index in [1.165, 1.54) is 9.80 Å². The van der Waals surface area contributed by atoms with Gasteiger partial charge < -0.3 is 20.2 Å². The van der Waals surface area contributed by atoms with Crippen LogP contribution in [0.1, 0.15) is 22.0 Å². The number of fused-ring (bicyclic) bond motifs is 2. The maximum atomic E-state index is 13.4. The van der Waals surface area contributed by atoms with Gasteiger partial charge in [0.25, 0.3) is 11.8 Å². The molecule has 0 aliphatic carbocycles. The van der Waals surface area contributed by atoms with Gasteiger partial charge in [0.05, 0.1) is 17.8 Å². The predicted molar refractivity (Wildman–Crippen MR) is 128 cm³/mol. The molecule has 2 aliphatic rings. The van der Waals surface area contributed by atoms with Crippen molar-refractivity contribution in [2.45, 2.75) is 12.1 Å². The fraction of sp³-hybridized carbons (Fsp3) is 0.192. The fourth-order valence-corrected chi connectivity index (χ4v) is 4.55. The Morgan fingerprint density at radius 1 is 0.971 bits per heavy atom. The topological polar surface area (TPSA) is 90.0 Å². The van der Waals surface area contributed by atoms with Crippen LogP contribution in [0.2, 0.25) is 5.02 Å². The smallest absolute Gasteiger partial charge is 0.256 e. The molecular weight excluding hydrogens is 454 g/mol. The van der Waals surface area contributed by atoms with E-state index in [0.29, 0.717) is 21.8 Å². The summed E-state index contributed by atoms with van der Waals surface area (Å²) >= 11 is 5.99. The van der Waals surface area contributed by atoms with Crippen LogP contribution < -0.4 is 5.32 Å². The molecule has 1 saturated heterocycles. The quantitative estimate of drug-likeness (QED) is 0.608. The molecule has 0 radical (unpaired) electrons. The molecule has 2 atom stereocenters. The van der Waals surface area contributed by atoms with Gasteiger partial charge in [0.15, 0.2) is 6.10 Å². The van der Waals surface area contributed by atoms with E-state index < -0.39 is 18.1 Å². The third-order valence-corrected chi connectivity index (χ3v) is 6.54. The van der Waals surface area contributed by atoms with E-state index in [1.807, 2.05) is 18.2 Å². The highest BCUT2D eigenvalue weighted by Gasteiger charge is 2.41. The van der Waals surface area contributed by atoms with Gasteiger partial charge in [-0.05, 0) is 41.0 Å². The van der Waals surface area contributed by atoms with Gasteiger partial charge in [-0.3, -0.25) is 14.4 Å². The van der Waals surface area contributed by atoms with E-state index in [2.05, 4.69) is 5.32 Å². The largest absolute Gasteiger partial charge is 0.378 e. The number of aliphatic hydroxyl groups is 1. The summed E-state index contributed by atoms with van der Waals surface area (Å²) in [5, 5.41) is 14.0. The van der Waals surface area contributed by atoms with E-state index >= 15 is 0 Å². The monoisotopic (exact) mass is 475 g/mol. The number of nitrogens with one attached hydrogen (secondary N) is 1. The Kier molecular flexibility index (Phi) is 5.81. The zero-order chi connectivity index (χ0) is 23.8. The number of halogens is 1. The Bertz CT molecular complexity index is 1260. The molecule has 3 amide bonds. The third-order valence-electron chi connectivity index (χ3n) is 6.29. The van der Waals surface area contributed by atoms with E-state index in [9.17, 15) is 19.5 Å². The molecule has 5 rings (SSSR count). The van der Waals surface area contributed by atoms with Crippen molar-refractivity contribution in [2.75, 3.05) is 25.0 Å². The molecule has 7 nitrogen and oxygen atoms in total. The third kappa shape index (κ3) is 4.04. The highest BCUT2D eigenvalue weighted by molar-refractivity contribution is 6.30. The maximum Gasteiger partial charge on any atom is 0.256 e. The van der Waals surface area contributed by atoms with Crippen LogP contribution in [0.25, 0.3) is 11.1 Å². The van der Waals surface area contributed by atoms with E-state index in [4.69, 9.17) is 11.6 Å². The highest BCUT2D eigenvalue weighted by atomic mass is 35.5. The number of carbonyl (C=O) groups excluding carboxylic acids is 3. The summed E-state index contributed by atoms with van der Waals surface area (Å²) in [6.07, 6.45) is -1.32. The molecule has 0 bridgehead atoms. The second-order valence-corrected chi connectivity index (χ2v) is 8.80. The summed E-state index contributed by atoms with van der Waals surface area (Å²) in [5.74, 6) is -1.12. The summed E-state index contributed by atoms with van der Waals surface area (Å²) in [6, 6.07) is 20.4. The lowest BCUT2D eigenvalue weighted by Crippen LogP contribution is -2.60. The lowest BCUT2D eigenvalue weighted by atomic mass is 10.0. The average Bonchev–Trinajstić information content (AvgIpc) is 2.98. The van der Waals surface area contributed by atoms with Crippen LogP contribution in [0.5, 0.6) is 0 Å². The van der Waals surface area contributed by atoms with Crippen LogP contribution in [-0.2, 0) is 9.59 Å². The molecule has 0 spiro atoms. The Hall–Kier alpha value is -3.68. The number of piperazine rings is 1. The van der Waals surface area contributed by atoms with Gasteiger partial charge in [-0.15, -0.1) is 0 Å². The number of amides is 3. The summed E-state index contributed by atoms with van der Waals surface area (Å²) in [7, 11) is 0. The van der Waals surface area contributed by atoms with Crippen molar-refractivity contribution in [3.63, 3.8) is 0 Å². The number of benzene rings is 3. The van der Waals surface area contributed by atoms with E-state index in [-0.39, 0.29) is 31.4 Å². The molecule has 3 aromatic rings. The van der Waals surface area contributed by atoms with E-state index in [1.54, 1.807) is 54.6 Å². The summed E-state index contributed by atoms with van der Waals surface area (Å²) in [5.41, 5.74) is 3.05. The molecule has 0 saturated carbocycles. The Labute approximate surface area is 201 Å². The van der Waals surface area contributed by atoms with Crippen molar-refractivity contribution in [1.82, 2.24) is 9.80 Å². The second-order valence-electron chi connectivity index (χ2n) is 8.37. The van der Waals surface area contributed by atoms with Crippen molar-refractivity contribution in [3.8, 4) is 11.1 Å². The minimum Gasteiger partial charge on any atom is -0.378 e. The normalized spacial score (nSPS) is 18.5. The fourth-order valence-electron chi connectivity index (χ4n) is 4.42. The molecule has 0 aromatic heterocycles. The van der Waals surface area contributed by atoms with Crippen LogP contribution in [0, 0.1) is 0 Å². The van der Waals surface area contributed by atoms with Crippen molar-refractivity contribution in [3.05, 3.63) is 88.9 Å². The van der Waals surface area contributed by atoms with Gasteiger partial charge in [0.1, 0.15) is 6.04 Å². The van der Waals surface area contributed by atoms with Gasteiger partial charge in [0.2, 0.25) is 5.91 Å². The molecule has 2 N–H and O–H groups in total. The second kappa shape index (κ2) is 8.93. The minimum absolute atomic E-state index is 0.0122. The first-order valence-electron chi connectivity index (χ1n) is 11.0. The molecule has 3 aromatic carbocycles. The Morgan fingerprint density at radius 3 is 2.41 bits per heavy atom. The van der Waals surface area contributed by atoms with Crippen molar-refractivity contribution in [1.29, 1.82) is 0 Å². The van der Waals surface area contributed by atoms with Crippen molar-refractivity contribution in [2.24, 2.45) is 0 Å². The summed E-state index contributed by atoms with van der Waals surface area (Å²) < 4.78 is 0. The number of carbonyl (C=O) groups is 3. The van der Waals surface area contributed by atoms with Crippen molar-refractivity contribution >= 4 is 35.0 Å². The Morgan fingerprint density at radius 2 is 1.68 bits per heavy atom. The lowest BCUT2D eigenvalue weighted by molar-refractivity contribution is -0.144. The van der Waals surface area contributed by atoms with Crippen LogP contribution in [0.4, 0.5) is 5.69 Å². The van der Waals surface area contributed by atoms with Gasteiger partial charge in [0, 0.05) is 18.1 Å². The first-order valence-corrected chi connectivity index (χ1v) is 11.3. The van der Waals surface area contributed by atoms with Crippen LogP contribution >= 0.6 is 11.6 Å². The van der Waals surface area contributed by atoms with Gasteiger partial charge in [-0.25, -0.2) is 0 Å². The number of aliphatic hydroxyl groups excluding tert-OH is 1.